The van der Waals surface area contributed by atoms with Crippen molar-refractivity contribution in [2.24, 2.45) is 4.99 Å². The van der Waals surface area contributed by atoms with E-state index in [9.17, 15) is 22.0 Å². The van der Waals surface area contributed by atoms with Crippen molar-refractivity contribution in [3.63, 3.8) is 0 Å². The second-order valence-electron chi connectivity index (χ2n) is 6.67. The number of rotatable bonds is 2. The highest BCUT2D eigenvalue weighted by Gasteiger charge is 2.53. The van der Waals surface area contributed by atoms with Gasteiger partial charge < -0.3 is 9.64 Å². The van der Waals surface area contributed by atoms with Crippen molar-refractivity contribution in [3.05, 3.63) is 57.2 Å². The minimum Gasteiger partial charge on any atom is -0.431 e. The third-order valence-electron chi connectivity index (χ3n) is 4.99. The molecule has 1 aromatic rings. The van der Waals surface area contributed by atoms with Crippen LogP contribution in [-0.2, 0) is 16.2 Å². The molecule has 0 saturated heterocycles. The van der Waals surface area contributed by atoms with Crippen molar-refractivity contribution in [3.8, 4) is 6.07 Å². The number of fused-ring (bicyclic) bond motifs is 3. The number of hydrogen-bond donors (Lipinski definition) is 0. The second kappa shape index (κ2) is 6.30. The Kier molecular flexibility index (Phi) is 4.26. The van der Waals surface area contributed by atoms with E-state index >= 15 is 0 Å². The van der Waals surface area contributed by atoms with Crippen LogP contribution >= 0.6 is 15.9 Å². The highest BCUT2D eigenvalue weighted by molar-refractivity contribution is 9.10. The Hall–Kier alpha value is -2.41. The molecule has 0 saturated carbocycles. The van der Waals surface area contributed by atoms with Crippen molar-refractivity contribution < 1.29 is 26.7 Å². The molecule has 4 rings (SSSR count). The SMILES string of the molecule is N#CC1=CN2C[C@@]3(CCC(F)(F)c4c3ccc(Br)c4F)N=C2C(OC(F)F)=C1. The van der Waals surface area contributed by atoms with Crippen LogP contribution in [0.25, 0.3) is 0 Å². The van der Waals surface area contributed by atoms with Crippen LogP contribution in [0.3, 0.4) is 0 Å². The lowest BCUT2D eigenvalue weighted by atomic mass is 9.75. The number of amidine groups is 1. The molecule has 0 bridgehead atoms. The molecule has 28 heavy (non-hydrogen) atoms. The van der Waals surface area contributed by atoms with Gasteiger partial charge in [0.25, 0.3) is 5.92 Å². The summed E-state index contributed by atoms with van der Waals surface area (Å²) >= 11 is 2.93. The van der Waals surface area contributed by atoms with E-state index in [2.05, 4.69) is 25.7 Å². The first-order valence-electron chi connectivity index (χ1n) is 8.19. The van der Waals surface area contributed by atoms with E-state index < -0.39 is 35.9 Å². The summed E-state index contributed by atoms with van der Waals surface area (Å²) < 4.78 is 73.5. The minimum absolute atomic E-state index is 0.00112. The molecule has 146 valence electrons. The highest BCUT2D eigenvalue weighted by Crippen LogP contribution is 2.53. The number of allylic oxidation sites excluding steroid dienone is 2. The van der Waals surface area contributed by atoms with Crippen LogP contribution in [0, 0.1) is 17.1 Å². The lowest BCUT2D eigenvalue weighted by Crippen LogP contribution is -2.40. The van der Waals surface area contributed by atoms with E-state index in [1.807, 2.05) is 6.07 Å². The van der Waals surface area contributed by atoms with Gasteiger partial charge in [-0.2, -0.15) is 14.0 Å². The average molecular weight is 460 g/mol. The van der Waals surface area contributed by atoms with Crippen LogP contribution in [0.2, 0.25) is 0 Å². The number of alkyl halides is 4. The largest absolute Gasteiger partial charge is 0.431 e. The normalized spacial score (nSPS) is 24.9. The van der Waals surface area contributed by atoms with Gasteiger partial charge in [-0.05, 0) is 34.0 Å². The van der Waals surface area contributed by atoms with Gasteiger partial charge in [0.15, 0.2) is 11.6 Å². The van der Waals surface area contributed by atoms with Crippen LogP contribution < -0.4 is 0 Å². The zero-order chi connectivity index (χ0) is 20.3. The maximum atomic E-state index is 14.6. The fourth-order valence-electron chi connectivity index (χ4n) is 3.82. The number of benzene rings is 1. The number of ether oxygens (including phenoxy) is 1. The van der Waals surface area contributed by atoms with Crippen molar-refractivity contribution in [2.75, 3.05) is 6.54 Å². The molecule has 1 atom stereocenters. The number of nitrogens with zero attached hydrogens (tertiary/aromatic N) is 3. The number of halogens is 6. The third kappa shape index (κ3) is 2.80. The monoisotopic (exact) mass is 459 g/mol. The zero-order valence-corrected chi connectivity index (χ0v) is 15.6. The summed E-state index contributed by atoms with van der Waals surface area (Å²) in [6, 6.07) is 4.52. The number of hydrogen-bond acceptors (Lipinski definition) is 4. The van der Waals surface area contributed by atoms with Gasteiger partial charge in [-0.25, -0.2) is 13.2 Å². The Morgan fingerprint density at radius 1 is 1.29 bits per heavy atom. The lowest BCUT2D eigenvalue weighted by molar-refractivity contribution is -0.0906. The standard InChI is InChI=1S/C18H11BrF5N3O/c19-11-2-1-10-13(14(11)20)18(23,24)4-3-17(10)8-27-7-9(6-25)5-12(15(27)26-17)28-16(21)22/h1-2,5,7,16H,3-4,8H2/t17-/m1/s1. The summed E-state index contributed by atoms with van der Waals surface area (Å²) in [7, 11) is 0. The Bertz CT molecular complexity index is 998. The molecule has 0 fully saturated rings. The summed E-state index contributed by atoms with van der Waals surface area (Å²) in [6.45, 7) is -3.15. The number of aliphatic imine (C=N–C) groups is 1. The van der Waals surface area contributed by atoms with Crippen LogP contribution in [0.1, 0.15) is 24.0 Å². The van der Waals surface area contributed by atoms with Gasteiger partial charge in [0.05, 0.1) is 22.2 Å². The molecule has 0 radical (unpaired) electrons. The molecule has 0 unspecified atom stereocenters. The first kappa shape index (κ1) is 18.9. The van der Waals surface area contributed by atoms with Gasteiger partial charge in [0, 0.05) is 18.7 Å². The van der Waals surface area contributed by atoms with Gasteiger partial charge in [-0.3, -0.25) is 4.99 Å². The molecule has 3 aliphatic rings. The zero-order valence-electron chi connectivity index (χ0n) is 14.0. The fourth-order valence-corrected chi connectivity index (χ4v) is 4.15. The molecule has 10 heteroatoms. The van der Waals surface area contributed by atoms with Crippen molar-refractivity contribution >= 4 is 21.8 Å². The van der Waals surface area contributed by atoms with Gasteiger partial charge in [0.2, 0.25) is 0 Å². The Morgan fingerprint density at radius 3 is 2.71 bits per heavy atom. The Morgan fingerprint density at radius 2 is 2.04 bits per heavy atom. The molecule has 0 N–H and O–H groups in total. The molecule has 2 aliphatic heterocycles. The Balaban J connectivity index is 1.87. The van der Waals surface area contributed by atoms with Crippen molar-refractivity contribution in [1.82, 2.24) is 4.90 Å². The smallest absolute Gasteiger partial charge is 0.387 e. The third-order valence-corrected chi connectivity index (χ3v) is 5.60. The van der Waals surface area contributed by atoms with Gasteiger partial charge in [0.1, 0.15) is 17.4 Å². The molecule has 4 nitrogen and oxygen atoms in total. The summed E-state index contributed by atoms with van der Waals surface area (Å²) in [5.41, 5.74) is -1.97. The predicted molar refractivity (Wildman–Crippen MR) is 91.9 cm³/mol. The maximum Gasteiger partial charge on any atom is 0.387 e. The summed E-state index contributed by atoms with van der Waals surface area (Å²) in [6.07, 6.45) is 1.72. The lowest BCUT2D eigenvalue weighted by Gasteiger charge is -2.37. The van der Waals surface area contributed by atoms with Gasteiger partial charge >= 0.3 is 6.61 Å². The van der Waals surface area contributed by atoms with E-state index in [0.717, 1.165) is 6.08 Å². The summed E-state index contributed by atoms with van der Waals surface area (Å²) in [5.74, 6) is -4.79. The van der Waals surface area contributed by atoms with E-state index in [1.54, 1.807) is 0 Å². The van der Waals surface area contributed by atoms with Crippen LogP contribution in [0.15, 0.2) is 45.2 Å². The molecule has 0 amide bonds. The topological polar surface area (TPSA) is 48.6 Å². The van der Waals surface area contributed by atoms with Gasteiger partial charge in [-0.1, -0.05) is 6.07 Å². The van der Waals surface area contributed by atoms with Crippen molar-refractivity contribution in [1.29, 1.82) is 5.26 Å². The maximum absolute atomic E-state index is 14.6. The Labute approximate surface area is 164 Å². The molecule has 1 spiro atoms. The molecule has 0 aromatic heterocycles. The first-order valence-corrected chi connectivity index (χ1v) is 8.98. The van der Waals surface area contributed by atoms with Gasteiger partial charge in [-0.15, -0.1) is 0 Å². The van der Waals surface area contributed by atoms with Crippen LogP contribution in [0.4, 0.5) is 22.0 Å². The van der Waals surface area contributed by atoms with Crippen molar-refractivity contribution in [2.45, 2.75) is 30.9 Å². The van der Waals surface area contributed by atoms with Crippen LogP contribution in [0.5, 0.6) is 0 Å². The summed E-state index contributed by atoms with van der Waals surface area (Å²) in [5, 5.41) is 9.13. The first-order chi connectivity index (χ1) is 13.2. The fraction of sp³-hybridized carbons (Fsp3) is 0.333. The molecule has 1 aromatic carbocycles. The molecule has 1 aliphatic carbocycles. The predicted octanol–water partition coefficient (Wildman–Crippen LogP) is 4.93. The van der Waals surface area contributed by atoms with Crippen LogP contribution in [-0.4, -0.2) is 23.9 Å². The van der Waals surface area contributed by atoms with E-state index in [-0.39, 0.29) is 40.2 Å². The highest BCUT2D eigenvalue weighted by atomic mass is 79.9. The average Bonchev–Trinajstić information content (AvgIpc) is 3.00. The quantitative estimate of drug-likeness (QED) is 0.589. The molecular weight excluding hydrogens is 449 g/mol. The molecular formula is C18H11BrF5N3O. The second-order valence-corrected chi connectivity index (χ2v) is 7.52. The van der Waals surface area contributed by atoms with E-state index in [0.29, 0.717) is 0 Å². The van der Waals surface area contributed by atoms with E-state index in [4.69, 9.17) is 5.26 Å². The summed E-state index contributed by atoms with van der Waals surface area (Å²) in [4.78, 5) is 5.83. The molecule has 2 heterocycles. The number of nitriles is 1. The minimum atomic E-state index is -3.39. The van der Waals surface area contributed by atoms with E-state index in [1.165, 1.54) is 23.2 Å².